The quantitative estimate of drug-likeness (QED) is 0.120. The van der Waals surface area contributed by atoms with Crippen LogP contribution >= 0.6 is 0 Å². The molecule has 62 heavy (non-hydrogen) atoms. The second-order valence-electron chi connectivity index (χ2n) is 20.1. The molecule has 7 unspecified atom stereocenters. The molecule has 1 amide bonds. The number of aliphatic hydroxyl groups is 2. The van der Waals surface area contributed by atoms with Gasteiger partial charge in [-0.2, -0.15) is 0 Å². The van der Waals surface area contributed by atoms with Crippen LogP contribution < -0.4 is 4.74 Å². The zero-order valence-corrected chi connectivity index (χ0v) is 37.0. The second kappa shape index (κ2) is 16.9. The Kier molecular flexibility index (Phi) is 11.5. The smallest absolute Gasteiger partial charge is 0.410 e. The summed E-state index contributed by atoms with van der Waals surface area (Å²) in [5, 5.41) is 26.8. The van der Waals surface area contributed by atoms with Crippen LogP contribution in [0.2, 0.25) is 0 Å². The average molecular weight is 830 g/mol. The molecule has 0 heterocycles. The number of rotatable bonds is 8. The Morgan fingerprint density at radius 2 is 1.55 bits per heavy atom. The van der Waals surface area contributed by atoms with E-state index in [9.17, 15) is 15.0 Å². The third-order valence-corrected chi connectivity index (χ3v) is 16.3. The summed E-state index contributed by atoms with van der Waals surface area (Å²) in [7, 11) is 0. The molecule has 4 bridgehead atoms. The van der Waals surface area contributed by atoms with E-state index in [-0.39, 0.29) is 23.7 Å². The Balaban J connectivity index is 1.11. The number of ketones is 1. The minimum atomic E-state index is -1.28. The van der Waals surface area contributed by atoms with Crippen LogP contribution in [-0.2, 0) is 6.42 Å². The SMILES string of the molecule is CC1=CCCC2(C)C(CCC2(O)CN(CC2CCC3CC2C3(C)C)C(=O)Oc2ccc3ccccc3c2)c2ccc(cc2C(=O)c2ccccc2-c2ccccc2)CC(O)CC1. The molecule has 5 aromatic rings. The van der Waals surface area contributed by atoms with Crippen molar-refractivity contribution in [3.05, 3.63) is 149 Å². The number of fused-ring (bicyclic) bond motifs is 11. The fourth-order valence-electron chi connectivity index (χ4n) is 12.3. The van der Waals surface area contributed by atoms with Crippen LogP contribution in [0.5, 0.6) is 5.75 Å². The maximum Gasteiger partial charge on any atom is 0.415 e. The van der Waals surface area contributed by atoms with Gasteiger partial charge in [-0.25, -0.2) is 4.79 Å². The highest BCUT2D eigenvalue weighted by Crippen LogP contribution is 2.62. The van der Waals surface area contributed by atoms with Crippen molar-refractivity contribution in [1.29, 1.82) is 0 Å². The van der Waals surface area contributed by atoms with Crippen LogP contribution in [0.4, 0.5) is 4.79 Å². The van der Waals surface area contributed by atoms with E-state index in [1.165, 1.54) is 12.0 Å². The first-order valence-corrected chi connectivity index (χ1v) is 23.2. The maximum absolute atomic E-state index is 15.2. The molecular weight excluding hydrogens is 767 g/mol. The molecule has 0 radical (unpaired) electrons. The average Bonchev–Trinajstić information content (AvgIpc) is 3.53. The summed E-state index contributed by atoms with van der Waals surface area (Å²) in [5.41, 5.74) is 4.42. The van der Waals surface area contributed by atoms with Crippen LogP contribution in [0.1, 0.15) is 118 Å². The number of amides is 1. The number of nitrogens with zero attached hydrogens (tertiary/aromatic N) is 1. The van der Waals surface area contributed by atoms with Gasteiger partial charge in [-0.05, 0) is 151 Å². The molecule has 4 saturated carbocycles. The molecule has 0 aromatic heterocycles. The van der Waals surface area contributed by atoms with E-state index in [0.29, 0.717) is 67.4 Å². The van der Waals surface area contributed by atoms with Crippen molar-refractivity contribution in [2.45, 2.75) is 110 Å². The molecule has 0 aliphatic heterocycles. The molecule has 322 valence electrons. The number of carbonyl (C=O) groups excluding carboxylic acids is 2. The fourth-order valence-corrected chi connectivity index (χ4v) is 12.3. The van der Waals surface area contributed by atoms with E-state index < -0.39 is 23.2 Å². The zero-order chi connectivity index (χ0) is 43.2. The Hall–Kier alpha value is -5.04. The molecule has 6 nitrogen and oxygen atoms in total. The summed E-state index contributed by atoms with van der Waals surface area (Å²) >= 11 is 0. The van der Waals surface area contributed by atoms with Gasteiger partial charge in [0.05, 0.1) is 18.2 Å². The van der Waals surface area contributed by atoms with Crippen molar-refractivity contribution in [3.63, 3.8) is 0 Å². The Bertz CT molecular complexity index is 2490. The van der Waals surface area contributed by atoms with E-state index in [1.807, 2.05) is 102 Å². The van der Waals surface area contributed by atoms with Crippen molar-refractivity contribution in [3.8, 4) is 16.9 Å². The maximum atomic E-state index is 15.2. The topological polar surface area (TPSA) is 87.1 Å². The van der Waals surface area contributed by atoms with Gasteiger partial charge >= 0.3 is 6.09 Å². The largest absolute Gasteiger partial charge is 0.415 e. The molecular formula is C56H63NO5. The molecule has 6 heteroatoms. The van der Waals surface area contributed by atoms with Crippen LogP contribution in [0.15, 0.2) is 127 Å². The highest BCUT2D eigenvalue weighted by molar-refractivity contribution is 6.14. The first-order chi connectivity index (χ1) is 29.8. The molecule has 0 spiro atoms. The van der Waals surface area contributed by atoms with Gasteiger partial charge in [-0.15, -0.1) is 0 Å². The predicted octanol–water partition coefficient (Wildman–Crippen LogP) is 12.3. The molecule has 6 aliphatic rings. The summed E-state index contributed by atoms with van der Waals surface area (Å²) < 4.78 is 6.28. The van der Waals surface area contributed by atoms with Gasteiger partial charge in [-0.1, -0.05) is 129 Å². The van der Waals surface area contributed by atoms with E-state index in [0.717, 1.165) is 64.6 Å². The van der Waals surface area contributed by atoms with Crippen molar-refractivity contribution in [2.24, 2.45) is 28.6 Å². The zero-order valence-electron chi connectivity index (χ0n) is 37.0. The minimum absolute atomic E-state index is 0.0595. The number of aliphatic hydroxyl groups excluding tert-OH is 1. The third kappa shape index (κ3) is 7.94. The van der Waals surface area contributed by atoms with E-state index in [1.54, 1.807) is 0 Å². The number of carbonyl (C=O) groups is 2. The van der Waals surface area contributed by atoms with Gasteiger partial charge in [0.1, 0.15) is 5.75 Å². The number of hydrogen-bond acceptors (Lipinski definition) is 5. The second-order valence-corrected chi connectivity index (χ2v) is 20.1. The van der Waals surface area contributed by atoms with Gasteiger partial charge in [0.15, 0.2) is 5.78 Å². The molecule has 6 aliphatic carbocycles. The number of benzene rings is 5. The third-order valence-electron chi connectivity index (χ3n) is 16.3. The van der Waals surface area contributed by atoms with Crippen molar-refractivity contribution in [2.75, 3.05) is 13.1 Å². The lowest BCUT2D eigenvalue weighted by Crippen LogP contribution is -2.58. The summed E-state index contributed by atoms with van der Waals surface area (Å²) in [4.78, 5) is 31.8. The number of allylic oxidation sites excluding steroid dienone is 2. The fraction of sp³-hybridized carbons (Fsp3) is 0.429. The van der Waals surface area contributed by atoms with Gasteiger partial charge in [-0.3, -0.25) is 4.79 Å². The summed E-state index contributed by atoms with van der Waals surface area (Å²) in [6, 6.07) is 37.9. The normalized spacial score (nSPS) is 28.0. The lowest BCUT2D eigenvalue weighted by atomic mass is 9.45. The minimum Gasteiger partial charge on any atom is -0.410 e. The molecule has 5 aromatic carbocycles. The number of hydrogen-bond donors (Lipinski definition) is 2. The lowest BCUT2D eigenvalue weighted by molar-refractivity contribution is -0.119. The van der Waals surface area contributed by atoms with Crippen molar-refractivity contribution >= 4 is 22.6 Å². The first kappa shape index (κ1) is 42.3. The first-order valence-electron chi connectivity index (χ1n) is 23.2. The van der Waals surface area contributed by atoms with E-state index in [2.05, 4.69) is 52.0 Å². The molecule has 0 saturated heterocycles. The lowest BCUT2D eigenvalue weighted by Gasteiger charge is -2.60. The molecule has 2 N–H and O–H groups in total. The molecule has 4 fully saturated rings. The van der Waals surface area contributed by atoms with Gasteiger partial charge < -0.3 is 19.8 Å². The van der Waals surface area contributed by atoms with Crippen LogP contribution in [0.3, 0.4) is 0 Å². The predicted molar refractivity (Wildman–Crippen MR) is 248 cm³/mol. The van der Waals surface area contributed by atoms with Gasteiger partial charge in [0, 0.05) is 23.1 Å². The van der Waals surface area contributed by atoms with Crippen LogP contribution in [0.25, 0.3) is 21.9 Å². The monoisotopic (exact) mass is 829 g/mol. The van der Waals surface area contributed by atoms with E-state index >= 15 is 4.79 Å². The Morgan fingerprint density at radius 3 is 2.34 bits per heavy atom. The highest BCUT2D eigenvalue weighted by Gasteiger charge is 2.59. The summed E-state index contributed by atoms with van der Waals surface area (Å²) in [6.07, 6.45) is 9.12. The van der Waals surface area contributed by atoms with Crippen molar-refractivity contribution in [1.82, 2.24) is 4.90 Å². The Labute approximate surface area is 368 Å². The van der Waals surface area contributed by atoms with Gasteiger partial charge in [0.25, 0.3) is 0 Å². The van der Waals surface area contributed by atoms with Crippen LogP contribution in [-0.4, -0.2) is 51.8 Å². The summed E-state index contributed by atoms with van der Waals surface area (Å²) in [6.45, 7) is 9.80. The molecule has 11 rings (SSSR count). The molecule has 7 atom stereocenters. The summed E-state index contributed by atoms with van der Waals surface area (Å²) in [5.74, 6) is 1.83. The van der Waals surface area contributed by atoms with Gasteiger partial charge in [0.2, 0.25) is 0 Å². The van der Waals surface area contributed by atoms with Crippen molar-refractivity contribution < 1.29 is 24.5 Å². The van der Waals surface area contributed by atoms with E-state index in [4.69, 9.17) is 4.74 Å². The standard InChI is InChI=1S/C56H63NO5/c1-37-13-12-29-55(4)50(47-27-21-38(31-44(58)25-20-37)32-49(47)52(59)48-19-11-10-18-46(48)40-15-6-5-7-16-40)28-30-56(55,61)36-57(35-42-22-24-43-34-51(42)54(43,2)3)53(60)62-45-26-23-39-14-8-9-17-41(39)33-45/h5-11,13-19,21,23,26-27,32-33,42-44,50-51,58,61H,12,20,22,24-25,28-31,34-36H2,1-4H3. The number of ether oxygens (including phenoxy) is 1. The van der Waals surface area contributed by atoms with Crippen LogP contribution in [0, 0.1) is 28.6 Å². The highest BCUT2D eigenvalue weighted by atomic mass is 16.6. The Morgan fingerprint density at radius 1 is 0.790 bits per heavy atom.